The highest BCUT2D eigenvalue weighted by Gasteiger charge is 2.14. The number of benzene rings is 1. The quantitative estimate of drug-likeness (QED) is 0.835. The van der Waals surface area contributed by atoms with Gasteiger partial charge in [-0.25, -0.2) is 0 Å². The predicted octanol–water partition coefficient (Wildman–Crippen LogP) is 3.96. The number of hydrogen-bond acceptors (Lipinski definition) is 3. The maximum atomic E-state index is 5.81. The Morgan fingerprint density at radius 1 is 1.10 bits per heavy atom. The number of nitrogens with zero attached hydrogens (tertiary/aromatic N) is 1. The van der Waals surface area contributed by atoms with E-state index in [1.54, 1.807) is 0 Å². The summed E-state index contributed by atoms with van der Waals surface area (Å²) >= 11 is 0. The van der Waals surface area contributed by atoms with E-state index in [0.29, 0.717) is 0 Å². The van der Waals surface area contributed by atoms with Crippen molar-refractivity contribution in [2.45, 2.75) is 39.3 Å². The third-order valence-electron chi connectivity index (χ3n) is 3.20. The minimum absolute atomic E-state index is 0.170. The van der Waals surface area contributed by atoms with Crippen molar-refractivity contribution in [2.24, 2.45) is 0 Å². The van der Waals surface area contributed by atoms with Gasteiger partial charge in [-0.15, -0.1) is 0 Å². The average Bonchev–Trinajstić information content (AvgIpc) is 2.48. The van der Waals surface area contributed by atoms with Gasteiger partial charge in [0.05, 0.1) is 12.1 Å². The van der Waals surface area contributed by atoms with Crippen molar-refractivity contribution >= 4 is 0 Å². The predicted molar refractivity (Wildman–Crippen MR) is 86.6 cm³/mol. The zero-order valence-electron chi connectivity index (χ0n) is 13.0. The van der Waals surface area contributed by atoms with Gasteiger partial charge in [0.25, 0.3) is 0 Å². The van der Waals surface area contributed by atoms with Gasteiger partial charge < -0.3 is 10.1 Å². The second-order valence-electron chi connectivity index (χ2n) is 5.41. The van der Waals surface area contributed by atoms with Crippen LogP contribution in [0.1, 0.15) is 44.4 Å². The SMILES string of the molecule is CCCNC(c1ccncc1)c1cccc(OC(C)C)c1. The second-order valence-corrected chi connectivity index (χ2v) is 5.41. The van der Waals surface area contributed by atoms with Gasteiger partial charge in [0.1, 0.15) is 5.75 Å². The lowest BCUT2D eigenvalue weighted by atomic mass is 9.99. The number of aromatic nitrogens is 1. The van der Waals surface area contributed by atoms with E-state index >= 15 is 0 Å². The Kier molecular flexibility index (Phi) is 5.76. The molecule has 2 rings (SSSR count). The molecule has 3 heteroatoms. The molecule has 1 N–H and O–H groups in total. The van der Waals surface area contributed by atoms with Crippen LogP contribution < -0.4 is 10.1 Å². The van der Waals surface area contributed by atoms with E-state index in [4.69, 9.17) is 4.74 Å². The van der Waals surface area contributed by atoms with Crippen LogP contribution in [0.3, 0.4) is 0 Å². The minimum Gasteiger partial charge on any atom is -0.491 e. The van der Waals surface area contributed by atoms with E-state index < -0.39 is 0 Å². The highest BCUT2D eigenvalue weighted by atomic mass is 16.5. The summed E-state index contributed by atoms with van der Waals surface area (Å²) in [6, 6.07) is 12.6. The van der Waals surface area contributed by atoms with Gasteiger partial charge in [0, 0.05) is 12.4 Å². The first kappa shape index (κ1) is 15.5. The lowest BCUT2D eigenvalue weighted by molar-refractivity contribution is 0.242. The van der Waals surface area contributed by atoms with Crippen molar-refractivity contribution in [1.82, 2.24) is 10.3 Å². The third-order valence-corrected chi connectivity index (χ3v) is 3.20. The molecule has 1 aromatic carbocycles. The lowest BCUT2D eigenvalue weighted by Gasteiger charge is -2.20. The van der Waals surface area contributed by atoms with Crippen LogP contribution >= 0.6 is 0 Å². The van der Waals surface area contributed by atoms with Crippen LogP contribution in [0.15, 0.2) is 48.8 Å². The molecule has 3 nitrogen and oxygen atoms in total. The monoisotopic (exact) mass is 284 g/mol. The smallest absolute Gasteiger partial charge is 0.120 e. The van der Waals surface area contributed by atoms with Gasteiger partial charge >= 0.3 is 0 Å². The highest BCUT2D eigenvalue weighted by molar-refractivity contribution is 5.36. The largest absolute Gasteiger partial charge is 0.491 e. The van der Waals surface area contributed by atoms with E-state index in [1.165, 1.54) is 11.1 Å². The molecule has 0 saturated heterocycles. The molecule has 0 radical (unpaired) electrons. The summed E-state index contributed by atoms with van der Waals surface area (Å²) in [5, 5.41) is 3.60. The maximum absolute atomic E-state index is 5.81. The molecule has 21 heavy (non-hydrogen) atoms. The van der Waals surface area contributed by atoms with Crippen molar-refractivity contribution < 1.29 is 4.74 Å². The first-order valence-electron chi connectivity index (χ1n) is 7.60. The van der Waals surface area contributed by atoms with Crippen LogP contribution in [0, 0.1) is 0 Å². The van der Waals surface area contributed by atoms with Crippen LogP contribution in [0.25, 0.3) is 0 Å². The Morgan fingerprint density at radius 2 is 1.86 bits per heavy atom. The number of ether oxygens (including phenoxy) is 1. The molecular formula is C18H24N2O. The van der Waals surface area contributed by atoms with Gasteiger partial charge in [-0.05, 0) is 62.2 Å². The molecule has 0 aliphatic heterocycles. The van der Waals surface area contributed by atoms with E-state index in [0.717, 1.165) is 18.7 Å². The molecule has 0 bridgehead atoms. The van der Waals surface area contributed by atoms with E-state index in [-0.39, 0.29) is 12.1 Å². The van der Waals surface area contributed by atoms with Gasteiger partial charge in [0.2, 0.25) is 0 Å². The molecule has 0 saturated carbocycles. The molecule has 112 valence electrons. The van der Waals surface area contributed by atoms with Crippen LogP contribution in [0.4, 0.5) is 0 Å². The second kappa shape index (κ2) is 7.79. The Morgan fingerprint density at radius 3 is 2.52 bits per heavy atom. The van der Waals surface area contributed by atoms with Crippen LogP contribution in [0.2, 0.25) is 0 Å². The molecule has 0 aliphatic carbocycles. The van der Waals surface area contributed by atoms with E-state index in [9.17, 15) is 0 Å². The fraction of sp³-hybridized carbons (Fsp3) is 0.389. The number of rotatable bonds is 7. The molecule has 0 spiro atoms. The van der Waals surface area contributed by atoms with Gasteiger partial charge in [-0.1, -0.05) is 19.1 Å². The number of pyridine rings is 1. The summed E-state index contributed by atoms with van der Waals surface area (Å²) in [7, 11) is 0. The summed E-state index contributed by atoms with van der Waals surface area (Å²) in [6.07, 6.45) is 4.96. The van der Waals surface area contributed by atoms with Crippen molar-refractivity contribution in [3.63, 3.8) is 0 Å². The van der Waals surface area contributed by atoms with Crippen molar-refractivity contribution in [1.29, 1.82) is 0 Å². The zero-order valence-corrected chi connectivity index (χ0v) is 13.0. The molecular weight excluding hydrogens is 260 g/mol. The van der Waals surface area contributed by atoms with Crippen LogP contribution in [-0.2, 0) is 0 Å². The Balaban J connectivity index is 2.28. The Labute approximate surface area is 127 Å². The Bertz CT molecular complexity index is 540. The minimum atomic E-state index is 0.170. The molecule has 1 atom stereocenters. The zero-order chi connectivity index (χ0) is 15.1. The highest BCUT2D eigenvalue weighted by Crippen LogP contribution is 2.25. The normalized spacial score (nSPS) is 12.4. The first-order valence-corrected chi connectivity index (χ1v) is 7.60. The molecule has 1 unspecified atom stereocenters. The van der Waals surface area contributed by atoms with E-state index in [1.807, 2.05) is 32.3 Å². The van der Waals surface area contributed by atoms with E-state index in [2.05, 4.69) is 47.6 Å². The first-order chi connectivity index (χ1) is 10.2. The molecule has 1 heterocycles. The van der Waals surface area contributed by atoms with Crippen molar-refractivity contribution in [2.75, 3.05) is 6.54 Å². The Hall–Kier alpha value is -1.87. The van der Waals surface area contributed by atoms with Gasteiger partial charge in [-0.2, -0.15) is 0 Å². The fourth-order valence-corrected chi connectivity index (χ4v) is 2.31. The summed E-state index contributed by atoms with van der Waals surface area (Å²) in [6.45, 7) is 7.24. The summed E-state index contributed by atoms with van der Waals surface area (Å²) in [5.74, 6) is 0.917. The van der Waals surface area contributed by atoms with Gasteiger partial charge in [0.15, 0.2) is 0 Å². The molecule has 2 aromatic rings. The molecule has 1 aromatic heterocycles. The summed E-state index contributed by atoms with van der Waals surface area (Å²) in [4.78, 5) is 4.11. The van der Waals surface area contributed by atoms with Crippen LogP contribution in [-0.4, -0.2) is 17.6 Å². The fourth-order valence-electron chi connectivity index (χ4n) is 2.31. The van der Waals surface area contributed by atoms with Gasteiger partial charge in [-0.3, -0.25) is 4.98 Å². The third kappa shape index (κ3) is 4.57. The van der Waals surface area contributed by atoms with Crippen molar-refractivity contribution in [3.05, 3.63) is 59.9 Å². The standard InChI is InChI=1S/C18H24N2O/c1-4-10-20-18(15-8-11-19-12-9-15)16-6-5-7-17(13-16)21-14(2)3/h5-9,11-14,18,20H,4,10H2,1-3H3. The summed E-state index contributed by atoms with van der Waals surface area (Å²) < 4.78 is 5.81. The average molecular weight is 284 g/mol. The topological polar surface area (TPSA) is 34.2 Å². The van der Waals surface area contributed by atoms with Crippen LogP contribution in [0.5, 0.6) is 5.75 Å². The number of hydrogen-bond donors (Lipinski definition) is 1. The maximum Gasteiger partial charge on any atom is 0.120 e. The molecule has 0 amide bonds. The molecule has 0 aliphatic rings. The number of nitrogens with one attached hydrogen (secondary N) is 1. The summed E-state index contributed by atoms with van der Waals surface area (Å²) in [5.41, 5.74) is 2.44. The molecule has 0 fully saturated rings. The lowest BCUT2D eigenvalue weighted by Crippen LogP contribution is -2.23. The van der Waals surface area contributed by atoms with Crippen molar-refractivity contribution in [3.8, 4) is 5.75 Å².